The van der Waals surface area contributed by atoms with Gasteiger partial charge in [0.2, 0.25) is 0 Å². The van der Waals surface area contributed by atoms with Gasteiger partial charge in [-0.3, -0.25) is 4.79 Å². The Hall–Kier alpha value is -1.33. The Morgan fingerprint density at radius 1 is 1.18 bits per heavy atom. The average Bonchev–Trinajstić information content (AvgIpc) is 2.68. The highest BCUT2D eigenvalue weighted by molar-refractivity contribution is 6.62. The van der Waals surface area contributed by atoms with Gasteiger partial charge in [0.25, 0.3) is 0 Å². The number of carbonyl (C=O) groups excluding carboxylic acids is 1. The van der Waals surface area contributed by atoms with Gasteiger partial charge in [0.1, 0.15) is 5.75 Å². The number of aldehydes is 1. The Morgan fingerprint density at radius 3 is 2.36 bits per heavy atom. The van der Waals surface area contributed by atoms with E-state index in [1.54, 1.807) is 6.07 Å². The van der Waals surface area contributed by atoms with Crippen molar-refractivity contribution in [2.75, 3.05) is 6.61 Å². The van der Waals surface area contributed by atoms with Gasteiger partial charge in [-0.25, -0.2) is 0 Å². The first-order valence-electron chi connectivity index (χ1n) is 7.88. The van der Waals surface area contributed by atoms with Gasteiger partial charge in [0.15, 0.2) is 6.29 Å². The molecule has 0 bridgehead atoms. The Balaban J connectivity index is 2.18. The first-order valence-corrected chi connectivity index (χ1v) is 7.88. The molecule has 0 aliphatic carbocycles. The largest absolute Gasteiger partial charge is 0.494 e. The minimum atomic E-state index is -0.464. The fourth-order valence-corrected chi connectivity index (χ4v) is 2.24. The highest BCUT2D eigenvalue weighted by Crippen LogP contribution is 2.36. The number of benzene rings is 1. The van der Waals surface area contributed by atoms with Crippen LogP contribution in [0.25, 0.3) is 0 Å². The van der Waals surface area contributed by atoms with Crippen LogP contribution in [0.15, 0.2) is 18.2 Å². The van der Waals surface area contributed by atoms with Crippen LogP contribution in [-0.2, 0) is 9.31 Å². The summed E-state index contributed by atoms with van der Waals surface area (Å²) in [6.45, 7) is 10.8. The standard InChI is InChI=1S/C17H25BO4/c1-6-7-10-20-15-9-8-14(11-13(15)12-19)18-21-16(2,3)17(4,5)22-18/h8-9,11-12H,6-7,10H2,1-5H3. The number of rotatable bonds is 6. The van der Waals surface area contributed by atoms with Crippen molar-refractivity contribution in [2.45, 2.75) is 58.7 Å². The quantitative estimate of drug-likeness (QED) is 0.460. The molecule has 1 aliphatic rings. The second kappa shape index (κ2) is 6.43. The molecule has 120 valence electrons. The van der Waals surface area contributed by atoms with Crippen LogP contribution >= 0.6 is 0 Å². The molecular weight excluding hydrogens is 279 g/mol. The maximum absolute atomic E-state index is 11.3. The summed E-state index contributed by atoms with van der Waals surface area (Å²) >= 11 is 0. The van der Waals surface area contributed by atoms with Crippen LogP contribution in [0.3, 0.4) is 0 Å². The van der Waals surface area contributed by atoms with Crippen molar-refractivity contribution >= 4 is 18.9 Å². The van der Waals surface area contributed by atoms with Gasteiger partial charge in [-0.1, -0.05) is 19.4 Å². The fraction of sp³-hybridized carbons (Fsp3) is 0.588. The smallest absolute Gasteiger partial charge is 0.493 e. The summed E-state index contributed by atoms with van der Waals surface area (Å²) < 4.78 is 17.7. The van der Waals surface area contributed by atoms with Gasteiger partial charge < -0.3 is 14.0 Å². The van der Waals surface area contributed by atoms with Gasteiger partial charge in [-0.2, -0.15) is 0 Å². The van der Waals surface area contributed by atoms with Gasteiger partial charge in [0.05, 0.1) is 23.4 Å². The summed E-state index contributed by atoms with van der Waals surface area (Å²) in [4.78, 5) is 11.3. The highest BCUT2D eigenvalue weighted by atomic mass is 16.7. The molecule has 0 spiro atoms. The molecule has 5 heteroatoms. The molecule has 0 unspecified atom stereocenters. The molecule has 2 rings (SSSR count). The molecule has 0 radical (unpaired) electrons. The molecule has 4 nitrogen and oxygen atoms in total. The maximum Gasteiger partial charge on any atom is 0.494 e. The van der Waals surface area contributed by atoms with Gasteiger partial charge in [-0.15, -0.1) is 0 Å². The van der Waals surface area contributed by atoms with E-state index >= 15 is 0 Å². The summed E-state index contributed by atoms with van der Waals surface area (Å²) in [7, 11) is -0.464. The second-order valence-corrected chi connectivity index (χ2v) is 6.71. The van der Waals surface area contributed by atoms with Crippen molar-refractivity contribution in [1.29, 1.82) is 0 Å². The molecule has 1 aliphatic heterocycles. The van der Waals surface area contributed by atoms with Crippen LogP contribution < -0.4 is 10.2 Å². The van der Waals surface area contributed by atoms with Crippen LogP contribution in [0, 0.1) is 0 Å². The molecule has 1 fully saturated rings. The second-order valence-electron chi connectivity index (χ2n) is 6.71. The van der Waals surface area contributed by atoms with Crippen molar-refractivity contribution in [1.82, 2.24) is 0 Å². The predicted molar refractivity (Wildman–Crippen MR) is 87.9 cm³/mol. The van der Waals surface area contributed by atoms with E-state index in [0.717, 1.165) is 24.6 Å². The van der Waals surface area contributed by atoms with Crippen LogP contribution in [0.2, 0.25) is 0 Å². The first-order chi connectivity index (χ1) is 10.3. The Labute approximate surface area is 133 Å². The molecule has 1 aromatic rings. The van der Waals surface area contributed by atoms with Crippen molar-refractivity contribution < 1.29 is 18.8 Å². The van der Waals surface area contributed by atoms with E-state index in [0.29, 0.717) is 17.9 Å². The van der Waals surface area contributed by atoms with Crippen molar-refractivity contribution in [3.05, 3.63) is 23.8 Å². The molecule has 0 N–H and O–H groups in total. The molecule has 22 heavy (non-hydrogen) atoms. The van der Waals surface area contributed by atoms with Crippen molar-refractivity contribution in [3.63, 3.8) is 0 Å². The third kappa shape index (κ3) is 3.36. The zero-order valence-corrected chi connectivity index (χ0v) is 14.1. The third-order valence-electron chi connectivity index (χ3n) is 4.44. The lowest BCUT2D eigenvalue weighted by atomic mass is 9.78. The van der Waals surface area contributed by atoms with Crippen LogP contribution in [0.4, 0.5) is 0 Å². The Kier molecular flexibility index (Phi) is 4.98. The number of unbranched alkanes of at least 4 members (excludes halogenated alkanes) is 1. The molecule has 0 amide bonds. The summed E-state index contributed by atoms with van der Waals surface area (Å²) in [5, 5.41) is 0. The zero-order valence-electron chi connectivity index (χ0n) is 14.1. The van der Waals surface area contributed by atoms with Crippen LogP contribution in [0.1, 0.15) is 57.8 Å². The number of ether oxygens (including phenoxy) is 1. The Morgan fingerprint density at radius 2 is 1.82 bits per heavy atom. The fourth-order valence-electron chi connectivity index (χ4n) is 2.24. The molecule has 0 aromatic heterocycles. The van der Waals surface area contributed by atoms with E-state index in [4.69, 9.17) is 14.0 Å². The van der Waals surface area contributed by atoms with E-state index < -0.39 is 18.3 Å². The molecular formula is C17H25BO4. The average molecular weight is 304 g/mol. The van der Waals surface area contributed by atoms with E-state index in [9.17, 15) is 4.79 Å². The SMILES string of the molecule is CCCCOc1ccc(B2OC(C)(C)C(C)(C)O2)cc1C=O. The van der Waals surface area contributed by atoms with Gasteiger partial charge in [0, 0.05) is 0 Å². The minimum Gasteiger partial charge on any atom is -0.493 e. The monoisotopic (exact) mass is 304 g/mol. The van der Waals surface area contributed by atoms with Crippen LogP contribution in [-0.4, -0.2) is 31.2 Å². The summed E-state index contributed by atoms with van der Waals surface area (Å²) in [5.74, 6) is 0.615. The van der Waals surface area contributed by atoms with E-state index in [-0.39, 0.29) is 0 Å². The summed E-state index contributed by atoms with van der Waals surface area (Å²) in [6.07, 6.45) is 2.84. The van der Waals surface area contributed by atoms with E-state index in [1.807, 2.05) is 39.8 Å². The van der Waals surface area contributed by atoms with E-state index in [1.165, 1.54) is 0 Å². The minimum absolute atomic E-state index is 0.394. The van der Waals surface area contributed by atoms with Gasteiger partial charge >= 0.3 is 7.12 Å². The topological polar surface area (TPSA) is 44.8 Å². The Bertz CT molecular complexity index is 523. The van der Waals surface area contributed by atoms with Gasteiger partial charge in [-0.05, 0) is 51.7 Å². The molecule has 0 saturated carbocycles. The maximum atomic E-state index is 11.3. The molecule has 1 saturated heterocycles. The lowest BCUT2D eigenvalue weighted by Crippen LogP contribution is -2.41. The van der Waals surface area contributed by atoms with Crippen molar-refractivity contribution in [3.8, 4) is 5.75 Å². The zero-order chi connectivity index (χ0) is 16.4. The van der Waals surface area contributed by atoms with Crippen molar-refractivity contribution in [2.24, 2.45) is 0 Å². The molecule has 1 aromatic carbocycles. The molecule has 0 atom stereocenters. The summed E-state index contributed by atoms with van der Waals surface area (Å²) in [5.41, 5.74) is 0.580. The third-order valence-corrected chi connectivity index (χ3v) is 4.44. The lowest BCUT2D eigenvalue weighted by Gasteiger charge is -2.32. The van der Waals surface area contributed by atoms with E-state index in [2.05, 4.69) is 6.92 Å². The summed E-state index contributed by atoms with van der Waals surface area (Å²) in [6, 6.07) is 5.51. The highest BCUT2D eigenvalue weighted by Gasteiger charge is 2.51. The number of carbonyl (C=O) groups is 1. The number of hydrogen-bond donors (Lipinski definition) is 0. The lowest BCUT2D eigenvalue weighted by molar-refractivity contribution is 0.00578. The number of hydrogen-bond acceptors (Lipinski definition) is 4. The molecule has 1 heterocycles. The van der Waals surface area contributed by atoms with Crippen LogP contribution in [0.5, 0.6) is 5.75 Å². The normalized spacial score (nSPS) is 19.2. The first kappa shape index (κ1) is 17.0. The predicted octanol–water partition coefficient (Wildman–Crippen LogP) is 2.98.